The minimum atomic E-state index is -0.278. The molecule has 0 N–H and O–H groups in total. The van der Waals surface area contributed by atoms with Crippen LogP contribution in [0.5, 0.6) is 11.5 Å². The lowest BCUT2D eigenvalue weighted by molar-refractivity contribution is -0.131. The Hall–Kier alpha value is -4.31. The van der Waals surface area contributed by atoms with E-state index in [1.165, 1.54) is 16.3 Å². The number of hydrogen-bond donors (Lipinski definition) is 0. The Labute approximate surface area is 235 Å². The maximum absolute atomic E-state index is 13.6. The smallest absolute Gasteiger partial charge is 0.262 e. The third-order valence-corrected chi connectivity index (χ3v) is 8.12. The Morgan fingerprint density at radius 1 is 0.875 bits per heavy atom. The van der Waals surface area contributed by atoms with Gasteiger partial charge in [-0.25, -0.2) is 4.98 Å². The number of piperazine rings is 1. The van der Waals surface area contributed by atoms with Crippen molar-refractivity contribution >= 4 is 40.0 Å². The van der Waals surface area contributed by atoms with Crippen LogP contribution in [-0.2, 0) is 11.3 Å². The molecule has 1 amide bonds. The van der Waals surface area contributed by atoms with Crippen molar-refractivity contribution in [1.82, 2.24) is 14.5 Å². The van der Waals surface area contributed by atoms with Gasteiger partial charge in [0.2, 0.25) is 12.7 Å². The first kappa shape index (κ1) is 25.9. The Morgan fingerprint density at radius 2 is 1.55 bits per heavy atom. The van der Waals surface area contributed by atoms with E-state index in [-0.39, 0.29) is 42.8 Å². The summed E-state index contributed by atoms with van der Waals surface area (Å²) >= 11 is 1.20. The van der Waals surface area contributed by atoms with E-state index in [2.05, 4.69) is 17.0 Å². The highest BCUT2D eigenvalue weighted by Gasteiger charge is 2.23. The van der Waals surface area contributed by atoms with Crippen molar-refractivity contribution < 1.29 is 19.1 Å². The van der Waals surface area contributed by atoms with E-state index in [0.717, 1.165) is 18.8 Å². The van der Waals surface area contributed by atoms with Crippen molar-refractivity contribution in [2.75, 3.05) is 43.6 Å². The molecular formula is C30H28N4O5S. The first-order chi connectivity index (χ1) is 19.6. The standard InChI is InChI=1S/C30H28N4O5S/c35-25(21-7-3-1-4-8-21)19-40-30-31-24-18-27-26(38-20-39-27)17-23(24)29(37)34(30)12-11-28(36)33-15-13-32(14-16-33)22-9-5-2-6-10-22/h1-10,17-18H,11-16,19-20H2. The van der Waals surface area contributed by atoms with E-state index in [9.17, 15) is 14.4 Å². The molecule has 1 fully saturated rings. The molecule has 10 heteroatoms. The van der Waals surface area contributed by atoms with Gasteiger partial charge in [0, 0.05) is 56.5 Å². The van der Waals surface area contributed by atoms with Crippen molar-refractivity contribution in [3.8, 4) is 11.5 Å². The Morgan fingerprint density at radius 3 is 2.27 bits per heavy atom. The molecule has 3 heterocycles. The van der Waals surface area contributed by atoms with Gasteiger partial charge in [-0.1, -0.05) is 60.3 Å². The number of carbonyl (C=O) groups is 2. The van der Waals surface area contributed by atoms with Gasteiger partial charge in [0.1, 0.15) is 0 Å². The first-order valence-electron chi connectivity index (χ1n) is 13.2. The number of amides is 1. The topological polar surface area (TPSA) is 94.0 Å². The van der Waals surface area contributed by atoms with Crippen LogP contribution in [0.25, 0.3) is 10.9 Å². The molecule has 40 heavy (non-hydrogen) atoms. The molecule has 0 unspecified atom stereocenters. The molecule has 0 aliphatic carbocycles. The monoisotopic (exact) mass is 556 g/mol. The second kappa shape index (κ2) is 11.4. The molecule has 204 valence electrons. The second-order valence-corrected chi connectivity index (χ2v) is 10.5. The number of benzene rings is 3. The minimum Gasteiger partial charge on any atom is -0.454 e. The number of Topliss-reactive ketones (excluding diaryl/α,β-unsaturated/α-hetero) is 1. The number of fused-ring (bicyclic) bond motifs is 2. The zero-order valence-electron chi connectivity index (χ0n) is 21.8. The largest absolute Gasteiger partial charge is 0.454 e. The van der Waals surface area contributed by atoms with Crippen molar-refractivity contribution in [2.24, 2.45) is 0 Å². The lowest BCUT2D eigenvalue weighted by Crippen LogP contribution is -2.49. The van der Waals surface area contributed by atoms with Gasteiger partial charge in [0.15, 0.2) is 22.4 Å². The Bertz CT molecular complexity index is 1600. The van der Waals surface area contributed by atoms with Crippen LogP contribution in [0, 0.1) is 0 Å². The summed E-state index contributed by atoms with van der Waals surface area (Å²) < 4.78 is 12.4. The number of aromatic nitrogens is 2. The molecular weight excluding hydrogens is 528 g/mol. The lowest BCUT2D eigenvalue weighted by atomic mass is 10.2. The molecule has 9 nitrogen and oxygen atoms in total. The summed E-state index contributed by atoms with van der Waals surface area (Å²) in [7, 11) is 0. The maximum Gasteiger partial charge on any atom is 0.262 e. The number of nitrogens with zero attached hydrogens (tertiary/aromatic N) is 4. The summed E-state index contributed by atoms with van der Waals surface area (Å²) in [6.07, 6.45) is 0.156. The molecule has 2 aliphatic rings. The first-order valence-corrected chi connectivity index (χ1v) is 14.2. The summed E-state index contributed by atoms with van der Waals surface area (Å²) in [5.41, 5.74) is 1.93. The van der Waals surface area contributed by atoms with Gasteiger partial charge in [-0.2, -0.15) is 0 Å². The molecule has 6 rings (SSSR count). The van der Waals surface area contributed by atoms with Crippen LogP contribution < -0.4 is 19.9 Å². The van der Waals surface area contributed by atoms with Crippen LogP contribution in [-0.4, -0.2) is 64.9 Å². The zero-order chi connectivity index (χ0) is 27.5. The van der Waals surface area contributed by atoms with Crippen LogP contribution in [0.3, 0.4) is 0 Å². The van der Waals surface area contributed by atoms with Gasteiger partial charge in [0.25, 0.3) is 5.56 Å². The number of ether oxygens (including phenoxy) is 2. The highest BCUT2D eigenvalue weighted by Crippen LogP contribution is 2.35. The number of anilines is 1. The number of carbonyl (C=O) groups excluding carboxylic acids is 2. The quantitative estimate of drug-likeness (QED) is 0.184. The number of hydrogen-bond acceptors (Lipinski definition) is 8. The molecule has 1 aromatic heterocycles. The van der Waals surface area contributed by atoms with Crippen LogP contribution in [0.2, 0.25) is 0 Å². The molecule has 0 saturated carbocycles. The van der Waals surface area contributed by atoms with Gasteiger partial charge < -0.3 is 19.3 Å². The van der Waals surface area contributed by atoms with Crippen LogP contribution >= 0.6 is 11.8 Å². The predicted octanol–water partition coefficient (Wildman–Crippen LogP) is 3.84. The van der Waals surface area contributed by atoms with E-state index in [4.69, 9.17) is 14.5 Å². The fourth-order valence-electron chi connectivity index (χ4n) is 4.95. The van der Waals surface area contributed by atoms with Crippen LogP contribution in [0.15, 0.2) is 82.7 Å². The second-order valence-electron chi connectivity index (χ2n) is 9.61. The van der Waals surface area contributed by atoms with Crippen molar-refractivity contribution in [1.29, 1.82) is 0 Å². The van der Waals surface area contributed by atoms with Gasteiger partial charge in [-0.05, 0) is 18.2 Å². The average Bonchev–Trinajstić information content (AvgIpc) is 3.47. The van der Waals surface area contributed by atoms with Gasteiger partial charge in [0.05, 0.1) is 16.7 Å². The molecule has 0 spiro atoms. The zero-order valence-corrected chi connectivity index (χ0v) is 22.6. The summed E-state index contributed by atoms with van der Waals surface area (Å²) in [6, 6.07) is 22.5. The number of rotatable bonds is 8. The van der Waals surface area contributed by atoms with Crippen molar-refractivity contribution in [3.63, 3.8) is 0 Å². The normalized spacial score (nSPS) is 14.5. The van der Waals surface area contributed by atoms with Crippen molar-refractivity contribution in [3.05, 3.63) is 88.7 Å². The predicted molar refractivity (Wildman–Crippen MR) is 153 cm³/mol. The van der Waals surface area contributed by atoms with E-state index in [1.54, 1.807) is 24.3 Å². The van der Waals surface area contributed by atoms with Gasteiger partial charge >= 0.3 is 0 Å². The highest BCUT2D eigenvalue weighted by atomic mass is 32.2. The number of thioether (sulfide) groups is 1. The molecule has 2 aliphatic heterocycles. The Kier molecular flexibility index (Phi) is 7.41. The molecule has 1 saturated heterocycles. The highest BCUT2D eigenvalue weighted by molar-refractivity contribution is 7.99. The maximum atomic E-state index is 13.6. The third kappa shape index (κ3) is 5.40. The van der Waals surface area contributed by atoms with E-state index in [1.807, 2.05) is 41.3 Å². The Balaban J connectivity index is 1.20. The molecule has 0 bridgehead atoms. The van der Waals surface area contributed by atoms with E-state index < -0.39 is 0 Å². The molecule has 4 aromatic rings. The molecule has 3 aromatic carbocycles. The van der Waals surface area contributed by atoms with Crippen molar-refractivity contribution in [2.45, 2.75) is 18.1 Å². The van der Waals surface area contributed by atoms with E-state index in [0.29, 0.717) is 46.2 Å². The van der Waals surface area contributed by atoms with E-state index >= 15 is 0 Å². The van der Waals surface area contributed by atoms with Crippen LogP contribution in [0.1, 0.15) is 16.8 Å². The fourth-order valence-corrected chi connectivity index (χ4v) is 5.87. The third-order valence-electron chi connectivity index (χ3n) is 7.14. The molecule has 0 atom stereocenters. The average molecular weight is 557 g/mol. The van der Waals surface area contributed by atoms with Gasteiger partial charge in [-0.15, -0.1) is 0 Å². The summed E-state index contributed by atoms with van der Waals surface area (Å²) in [5, 5.41) is 0.772. The summed E-state index contributed by atoms with van der Waals surface area (Å²) in [4.78, 5) is 48.5. The SMILES string of the molecule is O=C(CSc1nc2cc3c(cc2c(=O)n1CCC(=O)N1CCN(c2ccccc2)CC1)OCO3)c1ccccc1. The minimum absolute atomic E-state index is 0.0123. The molecule has 0 radical (unpaired) electrons. The summed E-state index contributed by atoms with van der Waals surface area (Å²) in [5.74, 6) is 1.05. The van der Waals surface area contributed by atoms with Crippen LogP contribution in [0.4, 0.5) is 5.69 Å². The summed E-state index contributed by atoms with van der Waals surface area (Å²) in [6.45, 7) is 2.99. The number of ketones is 1. The number of para-hydroxylation sites is 1. The van der Waals surface area contributed by atoms with Gasteiger partial charge in [-0.3, -0.25) is 19.0 Å². The lowest BCUT2D eigenvalue weighted by Gasteiger charge is -2.36. The fraction of sp³-hybridized carbons (Fsp3) is 0.267.